The minimum absolute atomic E-state index is 0.235. The Balaban J connectivity index is 1.64. The fourth-order valence-corrected chi connectivity index (χ4v) is 5.90. The van der Waals surface area contributed by atoms with Crippen molar-refractivity contribution < 1.29 is 36.2 Å². The molecule has 2 heterocycles. The topological polar surface area (TPSA) is 109 Å². The molecule has 1 unspecified atom stereocenters. The van der Waals surface area contributed by atoms with Crippen molar-refractivity contribution in [3.63, 3.8) is 0 Å². The lowest BCUT2D eigenvalue weighted by molar-refractivity contribution is -0.137. The molecule has 0 fully saturated rings. The SMILES string of the molecule is CCCN(CCc1ccccn1)C(=O)c1ccc2c(c1)C(NS(=O)(=O)c1ccc(C(F)(F)F)cc1)[C@H](O)C(C)(C)O2. The van der Waals surface area contributed by atoms with Crippen LogP contribution in [0.25, 0.3) is 0 Å². The number of rotatable bonds is 9. The molecule has 0 radical (unpaired) electrons. The summed E-state index contributed by atoms with van der Waals surface area (Å²) in [5.74, 6) is -0.0123. The summed E-state index contributed by atoms with van der Waals surface area (Å²) in [4.78, 5) is 19.1. The Morgan fingerprint density at radius 2 is 1.80 bits per heavy atom. The van der Waals surface area contributed by atoms with E-state index in [0.29, 0.717) is 38.1 Å². The molecule has 2 atom stereocenters. The predicted octanol–water partition coefficient (Wildman–Crippen LogP) is 4.75. The van der Waals surface area contributed by atoms with E-state index in [4.69, 9.17) is 4.74 Å². The van der Waals surface area contributed by atoms with Gasteiger partial charge in [0.2, 0.25) is 10.0 Å². The van der Waals surface area contributed by atoms with Crippen LogP contribution in [-0.2, 0) is 22.6 Å². The first-order chi connectivity index (χ1) is 19.2. The van der Waals surface area contributed by atoms with Gasteiger partial charge in [-0.25, -0.2) is 13.1 Å². The van der Waals surface area contributed by atoms with Gasteiger partial charge in [0, 0.05) is 42.5 Å². The summed E-state index contributed by atoms with van der Waals surface area (Å²) in [6, 6.07) is 12.0. The first-order valence-electron chi connectivity index (χ1n) is 13.1. The zero-order chi connectivity index (χ0) is 30.0. The minimum Gasteiger partial charge on any atom is -0.485 e. The summed E-state index contributed by atoms with van der Waals surface area (Å²) in [5, 5.41) is 11.1. The second kappa shape index (κ2) is 11.8. The first-order valence-corrected chi connectivity index (χ1v) is 14.6. The molecule has 4 rings (SSSR count). The third kappa shape index (κ3) is 6.88. The molecule has 3 aromatic rings. The van der Waals surface area contributed by atoms with Gasteiger partial charge in [-0.2, -0.15) is 13.2 Å². The molecule has 220 valence electrons. The monoisotopic (exact) mass is 591 g/mol. The van der Waals surface area contributed by atoms with Crippen molar-refractivity contribution in [2.75, 3.05) is 13.1 Å². The number of pyridine rings is 1. The van der Waals surface area contributed by atoms with Crippen LogP contribution in [0.5, 0.6) is 5.75 Å². The number of hydrogen-bond donors (Lipinski definition) is 2. The van der Waals surface area contributed by atoms with E-state index in [0.717, 1.165) is 17.8 Å². The lowest BCUT2D eigenvalue weighted by atomic mass is 9.86. The number of ether oxygens (including phenoxy) is 1. The maximum absolute atomic E-state index is 13.5. The van der Waals surface area contributed by atoms with Crippen LogP contribution in [0.4, 0.5) is 13.2 Å². The van der Waals surface area contributed by atoms with Crippen LogP contribution >= 0.6 is 0 Å². The molecule has 0 bridgehead atoms. The number of nitrogens with zero attached hydrogens (tertiary/aromatic N) is 2. The van der Waals surface area contributed by atoms with Gasteiger partial charge in [-0.3, -0.25) is 9.78 Å². The van der Waals surface area contributed by atoms with Gasteiger partial charge < -0.3 is 14.7 Å². The average Bonchev–Trinajstić information content (AvgIpc) is 2.93. The van der Waals surface area contributed by atoms with Gasteiger partial charge in [0.25, 0.3) is 5.91 Å². The second-order valence-corrected chi connectivity index (χ2v) is 12.1. The predicted molar refractivity (Wildman–Crippen MR) is 146 cm³/mol. The fourth-order valence-electron chi connectivity index (χ4n) is 4.68. The van der Waals surface area contributed by atoms with E-state index >= 15 is 0 Å². The quantitative estimate of drug-likeness (QED) is 0.372. The maximum atomic E-state index is 13.5. The van der Waals surface area contributed by atoms with Gasteiger partial charge in [-0.05, 0) is 74.9 Å². The number of carbonyl (C=O) groups is 1. The van der Waals surface area contributed by atoms with Gasteiger partial charge in [-0.15, -0.1) is 0 Å². The zero-order valence-electron chi connectivity index (χ0n) is 22.9. The number of benzene rings is 2. The van der Waals surface area contributed by atoms with Crippen LogP contribution < -0.4 is 9.46 Å². The highest BCUT2D eigenvalue weighted by atomic mass is 32.2. The first kappa shape index (κ1) is 30.5. The molecule has 2 N–H and O–H groups in total. The Morgan fingerprint density at radius 1 is 1.10 bits per heavy atom. The number of fused-ring (bicyclic) bond motifs is 1. The van der Waals surface area contributed by atoms with Gasteiger partial charge in [-0.1, -0.05) is 13.0 Å². The Morgan fingerprint density at radius 3 is 2.41 bits per heavy atom. The van der Waals surface area contributed by atoms with Crippen molar-refractivity contribution in [1.82, 2.24) is 14.6 Å². The Kier molecular flexibility index (Phi) is 8.76. The molecule has 0 spiro atoms. The molecule has 0 saturated heterocycles. The number of aliphatic hydroxyl groups is 1. The average molecular weight is 592 g/mol. The Bertz CT molecular complexity index is 1480. The molecule has 0 aliphatic carbocycles. The summed E-state index contributed by atoms with van der Waals surface area (Å²) in [6.45, 7) is 6.02. The molecule has 0 saturated carbocycles. The molecular weight excluding hydrogens is 559 g/mol. The van der Waals surface area contributed by atoms with Crippen molar-refractivity contribution in [2.24, 2.45) is 0 Å². The smallest absolute Gasteiger partial charge is 0.416 e. The van der Waals surface area contributed by atoms with Crippen LogP contribution in [0.15, 0.2) is 71.8 Å². The van der Waals surface area contributed by atoms with E-state index in [1.165, 1.54) is 6.07 Å². The number of aromatic nitrogens is 1. The largest absolute Gasteiger partial charge is 0.485 e. The number of sulfonamides is 1. The maximum Gasteiger partial charge on any atom is 0.416 e. The molecule has 41 heavy (non-hydrogen) atoms. The van der Waals surface area contributed by atoms with Crippen molar-refractivity contribution >= 4 is 15.9 Å². The fraction of sp³-hybridized carbons (Fsp3) is 0.379. The van der Waals surface area contributed by atoms with E-state index in [1.54, 1.807) is 37.1 Å². The lowest BCUT2D eigenvalue weighted by Crippen LogP contribution is -2.53. The molecule has 1 aromatic heterocycles. The van der Waals surface area contributed by atoms with Crippen LogP contribution in [-0.4, -0.2) is 54.1 Å². The van der Waals surface area contributed by atoms with Crippen molar-refractivity contribution in [3.05, 3.63) is 89.2 Å². The van der Waals surface area contributed by atoms with E-state index < -0.39 is 44.4 Å². The summed E-state index contributed by atoms with van der Waals surface area (Å²) < 4.78 is 73.8. The number of aliphatic hydroxyl groups excluding tert-OH is 1. The van der Waals surface area contributed by atoms with E-state index in [1.807, 2.05) is 25.1 Å². The zero-order valence-corrected chi connectivity index (χ0v) is 23.7. The van der Waals surface area contributed by atoms with Gasteiger partial charge in [0.05, 0.1) is 16.5 Å². The van der Waals surface area contributed by atoms with Crippen molar-refractivity contribution in [2.45, 2.75) is 62.4 Å². The van der Waals surface area contributed by atoms with Gasteiger partial charge in [0.1, 0.15) is 17.5 Å². The number of amides is 1. The highest BCUT2D eigenvalue weighted by molar-refractivity contribution is 7.89. The van der Waals surface area contributed by atoms with Gasteiger partial charge in [0.15, 0.2) is 0 Å². The van der Waals surface area contributed by atoms with E-state index in [9.17, 15) is 31.5 Å². The van der Waals surface area contributed by atoms with E-state index in [2.05, 4.69) is 9.71 Å². The lowest BCUT2D eigenvalue weighted by Gasteiger charge is -2.42. The second-order valence-electron chi connectivity index (χ2n) is 10.4. The third-order valence-corrected chi connectivity index (χ3v) is 8.37. The van der Waals surface area contributed by atoms with Crippen LogP contribution in [0.2, 0.25) is 0 Å². The molecular formula is C29H32F3N3O5S. The normalized spacial score (nSPS) is 18.3. The van der Waals surface area contributed by atoms with E-state index in [-0.39, 0.29) is 22.8 Å². The Labute approximate surface area is 237 Å². The molecule has 12 heteroatoms. The molecule has 1 amide bonds. The summed E-state index contributed by atoms with van der Waals surface area (Å²) in [6.07, 6.45) is -3.07. The third-order valence-electron chi connectivity index (χ3n) is 6.91. The summed E-state index contributed by atoms with van der Waals surface area (Å²) in [7, 11) is -4.38. The highest BCUT2D eigenvalue weighted by Crippen LogP contribution is 2.41. The standard InChI is InChI=1S/C29H32F3N3O5S/c1-4-16-35(17-14-21-7-5-6-15-33-21)27(37)19-8-13-24-23(18-19)25(26(36)28(2,3)40-24)34-41(38,39)22-11-9-20(10-12-22)29(30,31)32/h5-13,15,18,25-26,34,36H,4,14,16-17H2,1-3H3/t25?,26-/m0/s1. The number of hydrogen-bond acceptors (Lipinski definition) is 6. The molecule has 8 nitrogen and oxygen atoms in total. The summed E-state index contributed by atoms with van der Waals surface area (Å²) >= 11 is 0. The van der Waals surface area contributed by atoms with Gasteiger partial charge >= 0.3 is 6.18 Å². The van der Waals surface area contributed by atoms with Crippen LogP contribution in [0, 0.1) is 0 Å². The number of carbonyl (C=O) groups excluding carboxylic acids is 1. The minimum atomic E-state index is -4.62. The molecule has 1 aliphatic heterocycles. The Hall–Kier alpha value is -3.48. The number of nitrogens with one attached hydrogen (secondary N) is 1. The van der Waals surface area contributed by atoms with Crippen molar-refractivity contribution in [3.8, 4) is 5.75 Å². The van der Waals surface area contributed by atoms with Crippen LogP contribution in [0.3, 0.4) is 0 Å². The molecule has 1 aliphatic rings. The molecule has 2 aromatic carbocycles. The highest BCUT2D eigenvalue weighted by Gasteiger charge is 2.45. The summed E-state index contributed by atoms with van der Waals surface area (Å²) in [5.41, 5.74) is -0.866. The van der Waals surface area contributed by atoms with Crippen LogP contribution in [0.1, 0.15) is 60.4 Å². The number of halogens is 3. The van der Waals surface area contributed by atoms with Crippen molar-refractivity contribution in [1.29, 1.82) is 0 Å². The number of alkyl halides is 3.